The van der Waals surface area contributed by atoms with Crippen LogP contribution in [0.1, 0.15) is 61.4 Å². The Kier molecular flexibility index (Phi) is 6.40. The number of nitriles is 1. The smallest absolute Gasteiger partial charge is 0.239 e. The van der Waals surface area contributed by atoms with Crippen LogP contribution in [0.2, 0.25) is 0 Å². The number of aromatic nitrogens is 1. The standard InChI is InChI=1S/C21H31N5O2/c1-15-16(2)26(17-8-4-5-9-17)21(18(15)12-22)23-19(27)13-24(3)14-20(28)25-10-6-7-11-25/h17H,4-11,13-14H2,1-3H3,(H,23,27). The molecule has 1 aromatic heterocycles. The highest BCUT2D eigenvalue weighted by Gasteiger charge is 2.27. The molecule has 0 spiro atoms. The van der Waals surface area contributed by atoms with Crippen LogP contribution in [0, 0.1) is 25.2 Å². The molecule has 1 aliphatic carbocycles. The van der Waals surface area contributed by atoms with Gasteiger partial charge in [0.25, 0.3) is 0 Å². The number of hydrogen-bond donors (Lipinski definition) is 1. The molecule has 2 amide bonds. The van der Waals surface area contributed by atoms with Gasteiger partial charge in [-0.3, -0.25) is 14.5 Å². The Morgan fingerprint density at radius 1 is 1.14 bits per heavy atom. The van der Waals surface area contributed by atoms with E-state index in [1.807, 2.05) is 18.7 Å². The molecule has 7 nitrogen and oxygen atoms in total. The summed E-state index contributed by atoms with van der Waals surface area (Å²) >= 11 is 0. The summed E-state index contributed by atoms with van der Waals surface area (Å²) in [7, 11) is 1.78. The molecule has 1 saturated carbocycles. The van der Waals surface area contributed by atoms with E-state index in [9.17, 15) is 14.9 Å². The summed E-state index contributed by atoms with van der Waals surface area (Å²) in [6.07, 6.45) is 6.63. The van der Waals surface area contributed by atoms with Gasteiger partial charge in [-0.25, -0.2) is 0 Å². The van der Waals surface area contributed by atoms with E-state index in [2.05, 4.69) is 16.0 Å². The number of likely N-dealkylation sites (N-methyl/N-ethyl adjacent to an activating group) is 1. The molecule has 1 saturated heterocycles. The lowest BCUT2D eigenvalue weighted by atomic mass is 10.2. The summed E-state index contributed by atoms with van der Waals surface area (Å²) in [5, 5.41) is 12.6. The average molecular weight is 386 g/mol. The van der Waals surface area contributed by atoms with Crippen LogP contribution in [0.5, 0.6) is 0 Å². The first kappa shape index (κ1) is 20.4. The molecule has 0 aromatic carbocycles. The first-order chi connectivity index (χ1) is 13.4. The van der Waals surface area contributed by atoms with Gasteiger partial charge in [-0.2, -0.15) is 5.26 Å². The molecule has 2 fully saturated rings. The molecule has 7 heteroatoms. The molecular weight excluding hydrogens is 354 g/mol. The summed E-state index contributed by atoms with van der Waals surface area (Å²) in [6, 6.07) is 2.61. The van der Waals surface area contributed by atoms with Crippen molar-refractivity contribution in [1.82, 2.24) is 14.4 Å². The molecule has 0 atom stereocenters. The highest BCUT2D eigenvalue weighted by Crippen LogP contribution is 2.37. The Labute approximate surface area is 167 Å². The molecule has 2 aliphatic rings. The summed E-state index contributed by atoms with van der Waals surface area (Å²) in [5.74, 6) is 0.505. The van der Waals surface area contributed by atoms with Crippen LogP contribution in [0.3, 0.4) is 0 Å². The van der Waals surface area contributed by atoms with Crippen molar-refractivity contribution in [3.8, 4) is 6.07 Å². The molecule has 1 aliphatic heterocycles. The van der Waals surface area contributed by atoms with Gasteiger partial charge in [0, 0.05) is 24.8 Å². The van der Waals surface area contributed by atoms with Crippen LogP contribution in [0.25, 0.3) is 0 Å². The van der Waals surface area contributed by atoms with Gasteiger partial charge in [0.2, 0.25) is 11.8 Å². The molecule has 3 rings (SSSR count). The zero-order valence-electron chi connectivity index (χ0n) is 17.3. The third-order valence-electron chi connectivity index (χ3n) is 6.09. The Hall–Kier alpha value is -2.33. The topological polar surface area (TPSA) is 81.4 Å². The third kappa shape index (κ3) is 4.22. The van der Waals surface area contributed by atoms with Crippen LogP contribution in [-0.4, -0.2) is 59.4 Å². The summed E-state index contributed by atoms with van der Waals surface area (Å²) < 4.78 is 2.15. The van der Waals surface area contributed by atoms with Crippen LogP contribution in [-0.2, 0) is 9.59 Å². The van der Waals surface area contributed by atoms with Gasteiger partial charge in [0.1, 0.15) is 11.9 Å². The van der Waals surface area contributed by atoms with E-state index in [0.717, 1.165) is 50.0 Å². The van der Waals surface area contributed by atoms with Crippen LogP contribution >= 0.6 is 0 Å². The lowest BCUT2D eigenvalue weighted by molar-refractivity contribution is -0.131. The number of nitrogens with one attached hydrogen (secondary N) is 1. The lowest BCUT2D eigenvalue weighted by Gasteiger charge is -2.22. The molecule has 1 aromatic rings. The molecule has 152 valence electrons. The number of rotatable bonds is 6. The fraction of sp³-hybridized carbons (Fsp3) is 0.667. The maximum atomic E-state index is 12.7. The van der Waals surface area contributed by atoms with Crippen molar-refractivity contribution in [2.75, 3.05) is 38.5 Å². The van der Waals surface area contributed by atoms with E-state index >= 15 is 0 Å². The minimum absolute atomic E-state index is 0.0755. The Balaban J connectivity index is 1.68. The Morgan fingerprint density at radius 2 is 1.79 bits per heavy atom. The number of carbonyl (C=O) groups excluding carboxylic acids is 2. The second kappa shape index (κ2) is 8.78. The third-order valence-corrected chi connectivity index (χ3v) is 6.09. The summed E-state index contributed by atoms with van der Waals surface area (Å²) in [6.45, 7) is 5.95. The van der Waals surface area contributed by atoms with Crippen molar-refractivity contribution >= 4 is 17.6 Å². The predicted octanol–water partition coefficient (Wildman–Crippen LogP) is 2.58. The van der Waals surface area contributed by atoms with Gasteiger partial charge >= 0.3 is 0 Å². The predicted molar refractivity (Wildman–Crippen MR) is 108 cm³/mol. The van der Waals surface area contributed by atoms with Crippen molar-refractivity contribution in [3.05, 3.63) is 16.8 Å². The Bertz CT molecular complexity index is 780. The van der Waals surface area contributed by atoms with Gasteiger partial charge in [-0.15, -0.1) is 0 Å². The molecule has 2 heterocycles. The fourth-order valence-electron chi connectivity index (χ4n) is 4.48. The van der Waals surface area contributed by atoms with E-state index in [-0.39, 0.29) is 24.9 Å². The normalized spacial score (nSPS) is 17.3. The molecule has 0 unspecified atom stereocenters. The monoisotopic (exact) mass is 385 g/mol. The average Bonchev–Trinajstić information content (AvgIpc) is 3.38. The largest absolute Gasteiger partial charge is 0.342 e. The van der Waals surface area contributed by atoms with Gasteiger partial charge in [0.15, 0.2) is 0 Å². The minimum atomic E-state index is -0.190. The fourth-order valence-corrected chi connectivity index (χ4v) is 4.48. The van der Waals surface area contributed by atoms with Gasteiger partial charge in [-0.1, -0.05) is 12.8 Å². The van der Waals surface area contributed by atoms with Crippen molar-refractivity contribution in [1.29, 1.82) is 5.26 Å². The summed E-state index contributed by atoms with van der Waals surface area (Å²) in [5.41, 5.74) is 2.53. The van der Waals surface area contributed by atoms with E-state index in [1.165, 1.54) is 12.8 Å². The highest BCUT2D eigenvalue weighted by molar-refractivity contribution is 5.93. The summed E-state index contributed by atoms with van der Waals surface area (Å²) in [4.78, 5) is 28.6. The molecule has 1 N–H and O–H groups in total. The second-order valence-electron chi connectivity index (χ2n) is 8.16. The number of hydrogen-bond acceptors (Lipinski definition) is 4. The first-order valence-electron chi connectivity index (χ1n) is 10.3. The second-order valence-corrected chi connectivity index (χ2v) is 8.16. The van der Waals surface area contributed by atoms with Crippen LogP contribution in [0.15, 0.2) is 0 Å². The molecular formula is C21H31N5O2. The highest BCUT2D eigenvalue weighted by atomic mass is 16.2. The van der Waals surface area contributed by atoms with Gasteiger partial charge in [0.05, 0.1) is 18.7 Å². The van der Waals surface area contributed by atoms with Crippen molar-refractivity contribution in [2.45, 2.75) is 58.4 Å². The number of amides is 2. The minimum Gasteiger partial charge on any atom is -0.342 e. The number of likely N-dealkylation sites (tertiary alicyclic amines) is 1. The van der Waals surface area contributed by atoms with E-state index in [4.69, 9.17) is 0 Å². The van der Waals surface area contributed by atoms with Crippen molar-refractivity contribution in [3.63, 3.8) is 0 Å². The van der Waals surface area contributed by atoms with Crippen LogP contribution in [0.4, 0.5) is 5.82 Å². The SMILES string of the molecule is Cc1c(C#N)c(NC(=O)CN(C)CC(=O)N2CCCC2)n(C2CCCC2)c1C. The molecule has 28 heavy (non-hydrogen) atoms. The quantitative estimate of drug-likeness (QED) is 0.816. The zero-order chi connectivity index (χ0) is 20.3. The van der Waals surface area contributed by atoms with E-state index < -0.39 is 0 Å². The van der Waals surface area contributed by atoms with Crippen molar-refractivity contribution in [2.24, 2.45) is 0 Å². The van der Waals surface area contributed by atoms with Crippen molar-refractivity contribution < 1.29 is 9.59 Å². The maximum absolute atomic E-state index is 12.7. The Morgan fingerprint density at radius 3 is 2.39 bits per heavy atom. The number of carbonyl (C=O) groups is 2. The van der Waals surface area contributed by atoms with Gasteiger partial charge < -0.3 is 14.8 Å². The van der Waals surface area contributed by atoms with Crippen LogP contribution < -0.4 is 5.32 Å². The zero-order valence-corrected chi connectivity index (χ0v) is 17.3. The van der Waals surface area contributed by atoms with E-state index in [1.54, 1.807) is 11.9 Å². The van der Waals surface area contributed by atoms with Gasteiger partial charge in [-0.05, 0) is 52.1 Å². The maximum Gasteiger partial charge on any atom is 0.239 e. The number of anilines is 1. The lowest BCUT2D eigenvalue weighted by Crippen LogP contribution is -2.40. The van der Waals surface area contributed by atoms with E-state index in [0.29, 0.717) is 17.4 Å². The molecule has 0 radical (unpaired) electrons. The number of nitrogens with zero attached hydrogens (tertiary/aromatic N) is 4. The molecule has 0 bridgehead atoms. The first-order valence-corrected chi connectivity index (χ1v) is 10.3.